The molecule has 0 aliphatic carbocycles. The monoisotopic (exact) mass is 529 g/mol. The average molecular weight is 531 g/mol. The summed E-state index contributed by atoms with van der Waals surface area (Å²) in [5.74, 6) is 0.235. The van der Waals surface area contributed by atoms with Crippen molar-refractivity contribution in [3.63, 3.8) is 0 Å². The van der Waals surface area contributed by atoms with Gasteiger partial charge in [-0.25, -0.2) is 9.97 Å². The minimum absolute atomic E-state index is 0.0707. The molecule has 2 aromatic heterocycles. The first-order valence-electron chi connectivity index (χ1n) is 9.75. The molecular weight excluding hydrogens is 510 g/mol. The van der Waals surface area contributed by atoms with Crippen molar-refractivity contribution in [2.24, 2.45) is 0 Å². The normalized spacial score (nSPS) is 10.9. The van der Waals surface area contributed by atoms with Crippen molar-refractivity contribution in [3.8, 4) is 11.3 Å². The molecule has 4 nitrogen and oxygen atoms in total. The zero-order valence-electron chi connectivity index (χ0n) is 16.8. The summed E-state index contributed by atoms with van der Waals surface area (Å²) < 4.78 is 1.92. The van der Waals surface area contributed by atoms with Crippen molar-refractivity contribution in [3.05, 3.63) is 80.6 Å². The Morgan fingerprint density at radius 3 is 2.58 bits per heavy atom. The minimum Gasteiger partial charge on any atom is -0.301 e. The first kappa shape index (κ1) is 22.2. The second-order valence-corrected chi connectivity index (χ2v) is 10.9. The molecule has 0 radical (unpaired) electrons. The predicted molar refractivity (Wildman–Crippen MR) is 135 cm³/mol. The van der Waals surface area contributed by atoms with Crippen LogP contribution in [0, 0.1) is 0 Å². The third-order valence-corrected chi connectivity index (χ3v) is 8.02. The number of anilines is 1. The van der Waals surface area contributed by atoms with Gasteiger partial charge in [0.05, 0.1) is 11.4 Å². The van der Waals surface area contributed by atoms with Crippen LogP contribution in [0.3, 0.4) is 0 Å². The summed E-state index contributed by atoms with van der Waals surface area (Å²) in [6, 6.07) is 16.7. The van der Waals surface area contributed by atoms with E-state index in [-0.39, 0.29) is 5.91 Å². The highest BCUT2D eigenvalue weighted by atomic mass is 79.9. The molecular formula is C23H20BrN3OS3. The first-order valence-corrected chi connectivity index (χ1v) is 13.2. The van der Waals surface area contributed by atoms with Gasteiger partial charge in [-0.1, -0.05) is 71.0 Å². The Kier molecular flexibility index (Phi) is 7.55. The van der Waals surface area contributed by atoms with Gasteiger partial charge in [-0.05, 0) is 29.7 Å². The number of thiazole rings is 2. The van der Waals surface area contributed by atoms with E-state index in [2.05, 4.69) is 62.4 Å². The maximum atomic E-state index is 12.3. The van der Waals surface area contributed by atoms with Gasteiger partial charge >= 0.3 is 0 Å². The third-order valence-electron chi connectivity index (χ3n) is 4.56. The van der Waals surface area contributed by atoms with E-state index in [1.54, 1.807) is 11.3 Å². The molecule has 2 aromatic carbocycles. The van der Waals surface area contributed by atoms with Gasteiger partial charge in [-0.3, -0.25) is 4.79 Å². The zero-order chi connectivity index (χ0) is 21.6. The molecule has 158 valence electrons. The van der Waals surface area contributed by atoms with E-state index >= 15 is 0 Å². The van der Waals surface area contributed by atoms with Gasteiger partial charge in [-0.15, -0.1) is 22.7 Å². The molecule has 0 saturated carbocycles. The predicted octanol–water partition coefficient (Wildman–Crippen LogP) is 6.91. The van der Waals surface area contributed by atoms with Gasteiger partial charge < -0.3 is 5.32 Å². The number of hydrogen-bond acceptors (Lipinski definition) is 6. The Labute approximate surface area is 202 Å². The van der Waals surface area contributed by atoms with Gasteiger partial charge in [0, 0.05) is 32.9 Å². The SMILES string of the molecule is CCc1ccc(Cc2cnc(NC(=O)CSc3nc(-c4ccc(Br)cc4)cs3)s2)cc1. The van der Waals surface area contributed by atoms with Crippen molar-refractivity contribution in [2.75, 3.05) is 11.1 Å². The summed E-state index contributed by atoms with van der Waals surface area (Å²) in [6.45, 7) is 2.15. The number of aryl methyl sites for hydroxylation is 1. The standard InChI is InChI=1S/C23H20BrN3OS3/c1-2-15-3-5-16(6-4-15)11-19-12-25-22(31-19)27-21(28)14-30-23-26-20(13-29-23)17-7-9-18(24)10-8-17/h3-10,12-13H,2,11,14H2,1H3,(H,25,27,28). The summed E-state index contributed by atoms with van der Waals surface area (Å²) in [4.78, 5) is 22.5. The number of hydrogen-bond donors (Lipinski definition) is 1. The molecule has 1 amide bonds. The Bertz CT molecular complexity index is 1150. The molecule has 0 aliphatic rings. The molecule has 1 N–H and O–H groups in total. The fourth-order valence-electron chi connectivity index (χ4n) is 2.90. The van der Waals surface area contributed by atoms with Crippen LogP contribution in [0.5, 0.6) is 0 Å². The lowest BCUT2D eigenvalue weighted by atomic mass is 10.1. The highest BCUT2D eigenvalue weighted by Crippen LogP contribution is 2.29. The van der Waals surface area contributed by atoms with Crippen molar-refractivity contribution < 1.29 is 4.79 Å². The van der Waals surface area contributed by atoms with E-state index in [4.69, 9.17) is 0 Å². The maximum absolute atomic E-state index is 12.3. The van der Waals surface area contributed by atoms with Crippen molar-refractivity contribution in [2.45, 2.75) is 24.1 Å². The van der Waals surface area contributed by atoms with Gasteiger partial charge in [0.25, 0.3) is 0 Å². The number of thioether (sulfide) groups is 1. The van der Waals surface area contributed by atoms with Crippen LogP contribution in [0.2, 0.25) is 0 Å². The fraction of sp³-hybridized carbons (Fsp3) is 0.174. The van der Waals surface area contributed by atoms with Crippen molar-refractivity contribution in [1.29, 1.82) is 0 Å². The summed E-state index contributed by atoms with van der Waals surface area (Å²) in [7, 11) is 0. The van der Waals surface area contributed by atoms with E-state index in [1.165, 1.54) is 34.2 Å². The Balaban J connectivity index is 1.28. The van der Waals surface area contributed by atoms with E-state index in [0.29, 0.717) is 10.9 Å². The molecule has 0 aliphatic heterocycles. The largest absolute Gasteiger partial charge is 0.301 e. The number of rotatable bonds is 8. The molecule has 4 rings (SSSR count). The molecule has 8 heteroatoms. The molecule has 31 heavy (non-hydrogen) atoms. The van der Waals surface area contributed by atoms with Crippen LogP contribution in [-0.4, -0.2) is 21.6 Å². The quantitative estimate of drug-likeness (QED) is 0.252. The minimum atomic E-state index is -0.0707. The molecule has 0 spiro atoms. The average Bonchev–Trinajstić information content (AvgIpc) is 3.43. The molecule has 0 unspecified atom stereocenters. The molecule has 0 atom stereocenters. The van der Waals surface area contributed by atoms with Crippen LogP contribution in [0.15, 0.2) is 68.9 Å². The number of nitrogens with one attached hydrogen (secondary N) is 1. The van der Waals surface area contributed by atoms with Crippen LogP contribution in [0.25, 0.3) is 11.3 Å². The van der Waals surface area contributed by atoms with Crippen LogP contribution in [-0.2, 0) is 17.6 Å². The molecule has 0 bridgehead atoms. The zero-order valence-corrected chi connectivity index (χ0v) is 20.8. The fourth-order valence-corrected chi connectivity index (χ4v) is 5.66. The van der Waals surface area contributed by atoms with Gasteiger partial charge in [-0.2, -0.15) is 0 Å². The van der Waals surface area contributed by atoms with Crippen LogP contribution >= 0.6 is 50.4 Å². The number of carbonyl (C=O) groups is 1. The van der Waals surface area contributed by atoms with Crippen molar-refractivity contribution >= 4 is 61.4 Å². The van der Waals surface area contributed by atoms with E-state index in [0.717, 1.165) is 37.8 Å². The smallest absolute Gasteiger partial charge is 0.236 e. The number of carbonyl (C=O) groups excluding carboxylic acids is 1. The Hall–Kier alpha value is -2.00. The summed E-state index contributed by atoms with van der Waals surface area (Å²) >= 11 is 7.96. The number of aromatic nitrogens is 2. The van der Waals surface area contributed by atoms with Crippen LogP contribution in [0.1, 0.15) is 22.9 Å². The van der Waals surface area contributed by atoms with Crippen LogP contribution < -0.4 is 5.32 Å². The van der Waals surface area contributed by atoms with E-state index < -0.39 is 0 Å². The number of benzene rings is 2. The van der Waals surface area contributed by atoms with Gasteiger partial charge in [0.1, 0.15) is 0 Å². The summed E-state index contributed by atoms with van der Waals surface area (Å²) in [5, 5.41) is 5.56. The topological polar surface area (TPSA) is 54.9 Å². The third kappa shape index (κ3) is 6.26. The van der Waals surface area contributed by atoms with E-state index in [1.807, 2.05) is 35.8 Å². The van der Waals surface area contributed by atoms with Crippen molar-refractivity contribution in [1.82, 2.24) is 9.97 Å². The van der Waals surface area contributed by atoms with Crippen LogP contribution in [0.4, 0.5) is 5.13 Å². The lowest BCUT2D eigenvalue weighted by molar-refractivity contribution is -0.113. The number of halogens is 1. The second-order valence-electron chi connectivity index (χ2n) is 6.82. The highest BCUT2D eigenvalue weighted by molar-refractivity contribution is 9.10. The summed E-state index contributed by atoms with van der Waals surface area (Å²) in [5.41, 5.74) is 4.58. The van der Waals surface area contributed by atoms with Gasteiger partial charge in [0.2, 0.25) is 5.91 Å². The lowest BCUT2D eigenvalue weighted by Crippen LogP contribution is -2.13. The van der Waals surface area contributed by atoms with Gasteiger partial charge in [0.15, 0.2) is 9.47 Å². The molecule has 0 saturated heterocycles. The van der Waals surface area contributed by atoms with E-state index in [9.17, 15) is 4.79 Å². The molecule has 0 fully saturated rings. The maximum Gasteiger partial charge on any atom is 0.236 e. The molecule has 4 aromatic rings. The number of nitrogens with zero attached hydrogens (tertiary/aromatic N) is 2. The Morgan fingerprint density at radius 2 is 1.84 bits per heavy atom. The number of amides is 1. The molecule has 2 heterocycles. The Morgan fingerprint density at radius 1 is 1.10 bits per heavy atom. The summed E-state index contributed by atoms with van der Waals surface area (Å²) in [6.07, 6.45) is 3.71. The first-order chi connectivity index (χ1) is 15.1. The highest BCUT2D eigenvalue weighted by Gasteiger charge is 2.11. The second kappa shape index (κ2) is 10.5. The lowest BCUT2D eigenvalue weighted by Gasteiger charge is -2.01.